The molecule has 0 bridgehead atoms. The highest BCUT2D eigenvalue weighted by Crippen LogP contribution is 2.21. The van der Waals surface area contributed by atoms with E-state index in [4.69, 9.17) is 0 Å². The van der Waals surface area contributed by atoms with E-state index in [2.05, 4.69) is 40.4 Å². The van der Waals surface area contributed by atoms with Crippen molar-refractivity contribution in [1.82, 2.24) is 0 Å². The number of carbonyl (C=O) groups is 1. The smallest absolute Gasteiger partial charge is 0.305 e. The Morgan fingerprint density at radius 3 is 2.72 bits per heavy atom. The van der Waals surface area contributed by atoms with Gasteiger partial charge in [-0.05, 0) is 35.4 Å². The molecule has 0 atom stereocenters. The Morgan fingerprint density at radius 1 is 1.22 bits per heavy atom. The van der Waals surface area contributed by atoms with Crippen molar-refractivity contribution in [2.45, 2.75) is 19.3 Å². The lowest BCUT2D eigenvalue weighted by molar-refractivity contribution is -0.140. The summed E-state index contributed by atoms with van der Waals surface area (Å²) in [5.41, 5.74) is 2.62. The third-order valence-corrected chi connectivity index (χ3v) is 3.88. The zero-order chi connectivity index (χ0) is 12.8. The van der Waals surface area contributed by atoms with Gasteiger partial charge in [0.1, 0.15) is 0 Å². The number of rotatable bonds is 5. The molecule has 1 aromatic heterocycles. The molecule has 1 aromatic carbocycles. The number of benzene rings is 1. The van der Waals surface area contributed by atoms with Gasteiger partial charge >= 0.3 is 5.97 Å². The fourth-order valence-corrected chi connectivity index (χ4v) is 2.79. The molecule has 0 aliphatic rings. The van der Waals surface area contributed by atoms with E-state index in [9.17, 15) is 4.79 Å². The van der Waals surface area contributed by atoms with E-state index < -0.39 is 0 Å². The highest BCUT2D eigenvalue weighted by Gasteiger charge is 2.08. The molecule has 94 valence electrons. The molecule has 0 fully saturated rings. The molecule has 1 heterocycles. The fourth-order valence-electron chi connectivity index (χ4n) is 1.88. The van der Waals surface area contributed by atoms with Crippen molar-refractivity contribution in [1.29, 1.82) is 0 Å². The summed E-state index contributed by atoms with van der Waals surface area (Å²) in [4.78, 5) is 12.4. The fraction of sp³-hybridized carbons (Fsp3) is 0.267. The van der Waals surface area contributed by atoms with Crippen molar-refractivity contribution in [3.63, 3.8) is 0 Å². The van der Waals surface area contributed by atoms with Crippen LogP contribution in [-0.4, -0.2) is 13.1 Å². The average molecular weight is 260 g/mol. The molecule has 0 unspecified atom stereocenters. The summed E-state index contributed by atoms with van der Waals surface area (Å²) >= 11 is 1.71. The van der Waals surface area contributed by atoms with E-state index in [-0.39, 0.29) is 5.97 Å². The predicted octanol–water partition coefficient (Wildman–Crippen LogP) is 3.44. The third-order valence-electron chi connectivity index (χ3n) is 2.86. The standard InChI is InChI=1S/C15H16O2S/c1-17-15(16)8-7-14-13(9-10-18-14)11-12-5-3-2-4-6-12/h2-6,9-10H,7-8,11H2,1H3. The maximum absolute atomic E-state index is 11.2. The Balaban J connectivity index is 2.02. The van der Waals surface area contributed by atoms with E-state index in [0.717, 1.165) is 12.8 Å². The summed E-state index contributed by atoms with van der Waals surface area (Å²) < 4.78 is 4.67. The van der Waals surface area contributed by atoms with Crippen molar-refractivity contribution in [3.8, 4) is 0 Å². The summed E-state index contributed by atoms with van der Waals surface area (Å²) in [7, 11) is 1.43. The van der Waals surface area contributed by atoms with Gasteiger partial charge in [-0.25, -0.2) is 0 Å². The first-order valence-corrected chi connectivity index (χ1v) is 6.83. The second kappa shape index (κ2) is 6.36. The van der Waals surface area contributed by atoms with Gasteiger partial charge in [-0.3, -0.25) is 4.79 Å². The maximum atomic E-state index is 11.2. The number of thiophene rings is 1. The minimum absolute atomic E-state index is 0.144. The topological polar surface area (TPSA) is 26.3 Å². The van der Waals surface area contributed by atoms with Crippen LogP contribution in [0.15, 0.2) is 41.8 Å². The molecular weight excluding hydrogens is 244 g/mol. The molecule has 0 amide bonds. The molecule has 0 aliphatic heterocycles. The summed E-state index contributed by atoms with van der Waals surface area (Å²) in [6.07, 6.45) is 2.16. The summed E-state index contributed by atoms with van der Waals surface area (Å²) in [5.74, 6) is -0.144. The Labute approximate surface area is 111 Å². The molecule has 18 heavy (non-hydrogen) atoms. The van der Waals surface area contributed by atoms with E-state index in [1.165, 1.54) is 23.1 Å². The van der Waals surface area contributed by atoms with Crippen LogP contribution >= 0.6 is 11.3 Å². The minimum Gasteiger partial charge on any atom is -0.469 e. The van der Waals surface area contributed by atoms with Crippen LogP contribution in [0.5, 0.6) is 0 Å². The van der Waals surface area contributed by atoms with Crippen molar-refractivity contribution in [2.24, 2.45) is 0 Å². The van der Waals surface area contributed by atoms with Crippen LogP contribution in [0.25, 0.3) is 0 Å². The van der Waals surface area contributed by atoms with Crippen LogP contribution in [0.3, 0.4) is 0 Å². The molecule has 0 N–H and O–H groups in total. The van der Waals surface area contributed by atoms with Gasteiger partial charge < -0.3 is 4.74 Å². The molecule has 2 nitrogen and oxygen atoms in total. The van der Waals surface area contributed by atoms with Gasteiger partial charge in [0.25, 0.3) is 0 Å². The van der Waals surface area contributed by atoms with Crippen molar-refractivity contribution in [3.05, 3.63) is 57.8 Å². The number of hydrogen-bond acceptors (Lipinski definition) is 3. The van der Waals surface area contributed by atoms with Gasteiger partial charge in [-0.2, -0.15) is 0 Å². The minimum atomic E-state index is -0.144. The first kappa shape index (κ1) is 12.8. The Kier molecular flexibility index (Phi) is 4.53. The van der Waals surface area contributed by atoms with E-state index in [1.54, 1.807) is 11.3 Å². The largest absolute Gasteiger partial charge is 0.469 e. The molecule has 0 spiro atoms. The van der Waals surface area contributed by atoms with Gasteiger partial charge in [0.2, 0.25) is 0 Å². The van der Waals surface area contributed by atoms with E-state index in [1.807, 2.05) is 6.07 Å². The summed E-state index contributed by atoms with van der Waals surface area (Å²) in [5, 5.41) is 2.09. The molecule has 0 saturated carbocycles. The maximum Gasteiger partial charge on any atom is 0.305 e. The lowest BCUT2D eigenvalue weighted by atomic mass is 10.0. The van der Waals surface area contributed by atoms with Crippen LogP contribution in [0.1, 0.15) is 22.4 Å². The zero-order valence-electron chi connectivity index (χ0n) is 10.4. The lowest BCUT2D eigenvalue weighted by Gasteiger charge is -2.04. The lowest BCUT2D eigenvalue weighted by Crippen LogP contribution is -2.02. The van der Waals surface area contributed by atoms with E-state index in [0.29, 0.717) is 6.42 Å². The van der Waals surface area contributed by atoms with Gasteiger partial charge in [0.05, 0.1) is 13.5 Å². The first-order chi connectivity index (χ1) is 8.79. The first-order valence-electron chi connectivity index (χ1n) is 5.95. The van der Waals surface area contributed by atoms with Crippen LogP contribution < -0.4 is 0 Å². The van der Waals surface area contributed by atoms with Gasteiger partial charge in [-0.15, -0.1) is 11.3 Å². The molecule has 2 aromatic rings. The highest BCUT2D eigenvalue weighted by molar-refractivity contribution is 7.10. The summed E-state index contributed by atoms with van der Waals surface area (Å²) in [6, 6.07) is 12.5. The van der Waals surface area contributed by atoms with Crippen molar-refractivity contribution >= 4 is 17.3 Å². The normalized spacial score (nSPS) is 10.3. The highest BCUT2D eigenvalue weighted by atomic mass is 32.1. The molecule has 0 radical (unpaired) electrons. The Bertz CT molecular complexity index is 502. The number of carbonyl (C=O) groups excluding carboxylic acids is 1. The second-order valence-corrected chi connectivity index (χ2v) is 5.11. The van der Waals surface area contributed by atoms with Gasteiger partial charge in [-0.1, -0.05) is 30.3 Å². The summed E-state index contributed by atoms with van der Waals surface area (Å²) in [6.45, 7) is 0. The van der Waals surface area contributed by atoms with E-state index >= 15 is 0 Å². The monoisotopic (exact) mass is 260 g/mol. The number of methoxy groups -OCH3 is 1. The molecule has 0 aliphatic carbocycles. The van der Waals surface area contributed by atoms with Gasteiger partial charge in [0, 0.05) is 4.88 Å². The van der Waals surface area contributed by atoms with Crippen LogP contribution in [0.4, 0.5) is 0 Å². The Morgan fingerprint density at radius 2 is 2.00 bits per heavy atom. The number of ether oxygens (including phenoxy) is 1. The molecule has 2 rings (SSSR count). The SMILES string of the molecule is COC(=O)CCc1sccc1Cc1ccccc1. The zero-order valence-corrected chi connectivity index (χ0v) is 11.2. The Hall–Kier alpha value is -1.61. The van der Waals surface area contributed by atoms with Crippen LogP contribution in [-0.2, 0) is 22.4 Å². The number of esters is 1. The molecule has 0 saturated heterocycles. The van der Waals surface area contributed by atoms with Gasteiger partial charge in [0.15, 0.2) is 0 Å². The third kappa shape index (κ3) is 3.44. The average Bonchev–Trinajstić information content (AvgIpc) is 2.84. The molecular formula is C15H16O2S. The van der Waals surface area contributed by atoms with Crippen molar-refractivity contribution < 1.29 is 9.53 Å². The van der Waals surface area contributed by atoms with Crippen LogP contribution in [0.2, 0.25) is 0 Å². The molecule has 3 heteroatoms. The number of hydrogen-bond donors (Lipinski definition) is 0. The number of aryl methyl sites for hydroxylation is 1. The van der Waals surface area contributed by atoms with Crippen LogP contribution in [0, 0.1) is 0 Å². The second-order valence-electron chi connectivity index (χ2n) is 4.11. The predicted molar refractivity (Wildman–Crippen MR) is 73.9 cm³/mol. The quantitative estimate of drug-likeness (QED) is 0.770. The van der Waals surface area contributed by atoms with Crippen molar-refractivity contribution in [2.75, 3.05) is 7.11 Å².